The van der Waals surface area contributed by atoms with E-state index in [0.29, 0.717) is 22.9 Å². The van der Waals surface area contributed by atoms with Crippen molar-refractivity contribution >= 4 is 33.2 Å². The molecule has 2 aromatic carbocycles. The van der Waals surface area contributed by atoms with Gasteiger partial charge in [0.2, 0.25) is 15.9 Å². The largest absolute Gasteiger partial charge is 0.497 e. The highest BCUT2D eigenvalue weighted by molar-refractivity contribution is 7.89. The molecule has 0 radical (unpaired) electrons. The zero-order valence-corrected chi connectivity index (χ0v) is 15.4. The smallest absolute Gasteiger partial charge is 0.242 e. The van der Waals surface area contributed by atoms with E-state index in [-0.39, 0.29) is 4.90 Å². The number of carbonyl (C=O) groups excluding carboxylic acids is 1. The maximum absolute atomic E-state index is 12.4. The number of rotatable bonds is 7. The summed E-state index contributed by atoms with van der Waals surface area (Å²) in [5.74, 6) is 0.221. The van der Waals surface area contributed by atoms with Crippen LogP contribution in [0.3, 0.4) is 0 Å². The molecular formula is C17H19ClN2O4S. The van der Waals surface area contributed by atoms with Crippen LogP contribution in [0.4, 0.5) is 5.69 Å². The Hall–Kier alpha value is -2.09. The Morgan fingerprint density at radius 2 is 1.72 bits per heavy atom. The Balaban J connectivity index is 2.09. The van der Waals surface area contributed by atoms with Crippen molar-refractivity contribution in [2.45, 2.75) is 24.3 Å². The highest BCUT2D eigenvalue weighted by Gasteiger charge is 2.24. The van der Waals surface area contributed by atoms with Crippen molar-refractivity contribution in [1.29, 1.82) is 0 Å². The summed E-state index contributed by atoms with van der Waals surface area (Å²) in [5, 5.41) is 3.12. The van der Waals surface area contributed by atoms with Crippen LogP contribution in [0.15, 0.2) is 53.4 Å². The molecule has 0 saturated heterocycles. The molecule has 0 heterocycles. The number of anilines is 1. The van der Waals surface area contributed by atoms with Gasteiger partial charge >= 0.3 is 0 Å². The standard InChI is InChI=1S/C17H19ClN2O4S/c1-3-16(17(21)19-13-6-8-14(24-2)9-7-13)20-25(22,23)15-10-4-12(18)5-11-15/h4-11,16,20H,3H2,1-2H3,(H,19,21). The Bertz CT molecular complexity index is 821. The van der Waals surface area contributed by atoms with Gasteiger partial charge in [0.25, 0.3) is 0 Å². The third-order valence-corrected chi connectivity index (χ3v) is 5.24. The van der Waals surface area contributed by atoms with Gasteiger partial charge in [0, 0.05) is 10.7 Å². The van der Waals surface area contributed by atoms with Crippen molar-refractivity contribution < 1.29 is 17.9 Å². The van der Waals surface area contributed by atoms with Crippen LogP contribution < -0.4 is 14.8 Å². The molecule has 2 N–H and O–H groups in total. The molecular weight excluding hydrogens is 364 g/mol. The predicted octanol–water partition coefficient (Wildman–Crippen LogP) is 3.04. The summed E-state index contributed by atoms with van der Waals surface area (Å²) in [7, 11) is -2.28. The molecule has 0 fully saturated rings. The van der Waals surface area contributed by atoms with Crippen LogP contribution >= 0.6 is 11.6 Å². The lowest BCUT2D eigenvalue weighted by Crippen LogP contribution is -2.43. The molecule has 134 valence electrons. The maximum Gasteiger partial charge on any atom is 0.242 e. The monoisotopic (exact) mass is 382 g/mol. The molecule has 0 saturated carbocycles. The number of nitrogens with one attached hydrogen (secondary N) is 2. The summed E-state index contributed by atoms with van der Waals surface area (Å²) >= 11 is 5.77. The Kier molecular flexibility index (Phi) is 6.41. The Morgan fingerprint density at radius 3 is 2.24 bits per heavy atom. The zero-order chi connectivity index (χ0) is 18.4. The van der Waals surface area contributed by atoms with E-state index in [1.54, 1.807) is 38.3 Å². The van der Waals surface area contributed by atoms with Gasteiger partial charge in [-0.05, 0) is 55.0 Å². The van der Waals surface area contributed by atoms with Crippen LogP contribution in [0.1, 0.15) is 13.3 Å². The van der Waals surface area contributed by atoms with Gasteiger partial charge < -0.3 is 10.1 Å². The number of ether oxygens (including phenoxy) is 1. The minimum absolute atomic E-state index is 0.0487. The first kappa shape index (κ1) is 19.2. The molecule has 2 aromatic rings. The molecule has 0 spiro atoms. The molecule has 2 rings (SSSR count). The van der Waals surface area contributed by atoms with E-state index in [1.165, 1.54) is 24.3 Å². The normalized spacial score (nSPS) is 12.4. The van der Waals surface area contributed by atoms with Gasteiger partial charge in [-0.15, -0.1) is 0 Å². The fourth-order valence-corrected chi connectivity index (χ4v) is 3.50. The number of hydrogen-bond donors (Lipinski definition) is 2. The van der Waals surface area contributed by atoms with Crippen molar-refractivity contribution in [3.63, 3.8) is 0 Å². The Labute approximate surface area is 152 Å². The number of methoxy groups -OCH3 is 1. The maximum atomic E-state index is 12.4. The van der Waals surface area contributed by atoms with Crippen molar-refractivity contribution in [3.8, 4) is 5.75 Å². The van der Waals surface area contributed by atoms with Gasteiger partial charge in [0.1, 0.15) is 11.8 Å². The highest BCUT2D eigenvalue weighted by Crippen LogP contribution is 2.17. The van der Waals surface area contributed by atoms with Crippen LogP contribution in [0, 0.1) is 0 Å². The third-order valence-electron chi connectivity index (χ3n) is 3.50. The van der Waals surface area contributed by atoms with Crippen LogP contribution in [0.5, 0.6) is 5.75 Å². The van der Waals surface area contributed by atoms with E-state index in [1.807, 2.05) is 0 Å². The van der Waals surface area contributed by atoms with Gasteiger partial charge in [-0.3, -0.25) is 4.79 Å². The van der Waals surface area contributed by atoms with Gasteiger partial charge in [-0.25, -0.2) is 8.42 Å². The summed E-state index contributed by atoms with van der Waals surface area (Å²) in [6, 6.07) is 11.6. The van der Waals surface area contributed by atoms with E-state index < -0.39 is 22.0 Å². The van der Waals surface area contributed by atoms with Crippen LogP contribution in [-0.2, 0) is 14.8 Å². The lowest BCUT2D eigenvalue weighted by Gasteiger charge is -2.17. The first-order valence-corrected chi connectivity index (χ1v) is 9.44. The molecule has 0 aliphatic heterocycles. The first-order valence-electron chi connectivity index (χ1n) is 7.58. The van der Waals surface area contributed by atoms with E-state index in [2.05, 4.69) is 10.0 Å². The summed E-state index contributed by atoms with van der Waals surface area (Å²) in [4.78, 5) is 12.4. The molecule has 25 heavy (non-hydrogen) atoms. The summed E-state index contributed by atoms with van der Waals surface area (Å²) in [5.41, 5.74) is 0.551. The highest BCUT2D eigenvalue weighted by atomic mass is 35.5. The fraction of sp³-hybridized carbons (Fsp3) is 0.235. The van der Waals surface area contributed by atoms with E-state index >= 15 is 0 Å². The lowest BCUT2D eigenvalue weighted by atomic mass is 10.2. The van der Waals surface area contributed by atoms with Crippen molar-refractivity contribution in [2.75, 3.05) is 12.4 Å². The average Bonchev–Trinajstić information content (AvgIpc) is 2.60. The number of halogens is 1. The number of carbonyl (C=O) groups is 1. The summed E-state index contributed by atoms with van der Waals surface area (Å²) in [6.45, 7) is 1.72. The molecule has 6 nitrogen and oxygen atoms in total. The Morgan fingerprint density at radius 1 is 1.12 bits per heavy atom. The average molecular weight is 383 g/mol. The van der Waals surface area contributed by atoms with Crippen molar-refractivity contribution in [1.82, 2.24) is 4.72 Å². The topological polar surface area (TPSA) is 84.5 Å². The fourth-order valence-electron chi connectivity index (χ4n) is 2.10. The summed E-state index contributed by atoms with van der Waals surface area (Å²) < 4.78 is 32.3. The van der Waals surface area contributed by atoms with Crippen molar-refractivity contribution in [3.05, 3.63) is 53.6 Å². The minimum Gasteiger partial charge on any atom is -0.497 e. The minimum atomic E-state index is -3.83. The molecule has 8 heteroatoms. The second-order valence-electron chi connectivity index (χ2n) is 5.25. The van der Waals surface area contributed by atoms with Gasteiger partial charge in [-0.2, -0.15) is 4.72 Å². The second kappa shape index (κ2) is 8.33. The van der Waals surface area contributed by atoms with E-state index in [4.69, 9.17) is 16.3 Å². The van der Waals surface area contributed by atoms with E-state index in [0.717, 1.165) is 0 Å². The lowest BCUT2D eigenvalue weighted by molar-refractivity contribution is -0.117. The molecule has 0 aliphatic rings. The molecule has 0 aliphatic carbocycles. The van der Waals surface area contributed by atoms with Gasteiger partial charge in [-0.1, -0.05) is 18.5 Å². The number of amides is 1. The molecule has 0 bridgehead atoms. The van der Waals surface area contributed by atoms with Gasteiger partial charge in [0.05, 0.1) is 12.0 Å². The van der Waals surface area contributed by atoms with Crippen molar-refractivity contribution in [2.24, 2.45) is 0 Å². The SMILES string of the molecule is CCC(NS(=O)(=O)c1ccc(Cl)cc1)C(=O)Nc1ccc(OC)cc1. The number of sulfonamides is 1. The van der Waals surface area contributed by atoms with Gasteiger partial charge in [0.15, 0.2) is 0 Å². The van der Waals surface area contributed by atoms with Crippen LogP contribution in [0.25, 0.3) is 0 Å². The first-order chi connectivity index (χ1) is 11.9. The van der Waals surface area contributed by atoms with E-state index in [9.17, 15) is 13.2 Å². The molecule has 1 amide bonds. The molecule has 1 atom stereocenters. The van der Waals surface area contributed by atoms with Crippen LogP contribution in [-0.4, -0.2) is 27.5 Å². The second-order valence-corrected chi connectivity index (χ2v) is 7.40. The predicted molar refractivity (Wildman–Crippen MR) is 97.5 cm³/mol. The number of benzene rings is 2. The zero-order valence-electron chi connectivity index (χ0n) is 13.8. The quantitative estimate of drug-likeness (QED) is 0.770. The molecule has 0 aromatic heterocycles. The van der Waals surface area contributed by atoms with Crippen LogP contribution in [0.2, 0.25) is 5.02 Å². The number of hydrogen-bond acceptors (Lipinski definition) is 4. The molecule has 1 unspecified atom stereocenters. The summed E-state index contributed by atoms with van der Waals surface area (Å²) in [6.07, 6.45) is 0.300. The third kappa shape index (κ3) is 5.19.